The van der Waals surface area contributed by atoms with Gasteiger partial charge in [0.05, 0.1) is 24.9 Å². The van der Waals surface area contributed by atoms with E-state index in [4.69, 9.17) is 9.47 Å². The summed E-state index contributed by atoms with van der Waals surface area (Å²) in [7, 11) is 0. The van der Waals surface area contributed by atoms with Crippen LogP contribution in [0.2, 0.25) is 0 Å². The van der Waals surface area contributed by atoms with E-state index in [0.29, 0.717) is 19.6 Å². The van der Waals surface area contributed by atoms with Gasteiger partial charge in [-0.05, 0) is 57.4 Å². The van der Waals surface area contributed by atoms with E-state index in [-0.39, 0.29) is 12.0 Å². The van der Waals surface area contributed by atoms with Crippen LogP contribution in [0.1, 0.15) is 47.0 Å². The van der Waals surface area contributed by atoms with E-state index in [0.717, 1.165) is 24.3 Å². The van der Waals surface area contributed by atoms with Crippen molar-refractivity contribution < 1.29 is 19.7 Å². The van der Waals surface area contributed by atoms with Crippen molar-refractivity contribution in [1.82, 2.24) is 0 Å². The van der Waals surface area contributed by atoms with Crippen LogP contribution >= 0.6 is 0 Å². The maximum absolute atomic E-state index is 9.62. The van der Waals surface area contributed by atoms with Gasteiger partial charge in [-0.15, -0.1) is 0 Å². The molecule has 1 rings (SSSR count). The van der Waals surface area contributed by atoms with E-state index in [1.54, 1.807) is 13.8 Å². The number of rotatable bonds is 10. The Morgan fingerprint density at radius 3 is 1.95 bits per heavy atom. The molecular weight excluding hydrogens is 280 g/mol. The molecule has 2 atom stereocenters. The molecule has 0 amide bonds. The van der Waals surface area contributed by atoms with Crippen LogP contribution in [-0.2, 0) is 0 Å². The van der Waals surface area contributed by atoms with Gasteiger partial charge in [-0.25, -0.2) is 0 Å². The van der Waals surface area contributed by atoms with Gasteiger partial charge in [-0.1, -0.05) is 13.3 Å². The molecule has 1 aromatic carbocycles. The van der Waals surface area contributed by atoms with Crippen LogP contribution in [0.4, 0.5) is 0 Å². The third-order valence-corrected chi connectivity index (χ3v) is 3.77. The highest BCUT2D eigenvalue weighted by molar-refractivity contribution is 5.31. The lowest BCUT2D eigenvalue weighted by Crippen LogP contribution is -2.21. The summed E-state index contributed by atoms with van der Waals surface area (Å²) in [6.45, 7) is 8.53. The lowest BCUT2D eigenvalue weighted by molar-refractivity contribution is 0.0553. The van der Waals surface area contributed by atoms with Crippen LogP contribution in [0.3, 0.4) is 0 Å². The minimum absolute atomic E-state index is 0.282. The van der Waals surface area contributed by atoms with Crippen LogP contribution in [0.5, 0.6) is 11.5 Å². The van der Waals surface area contributed by atoms with E-state index < -0.39 is 5.60 Å². The van der Waals surface area contributed by atoms with Crippen molar-refractivity contribution in [2.45, 2.75) is 58.7 Å². The van der Waals surface area contributed by atoms with Crippen molar-refractivity contribution >= 4 is 0 Å². The normalized spacial score (nSPS) is 14.5. The summed E-state index contributed by atoms with van der Waals surface area (Å²) < 4.78 is 11.3. The maximum Gasteiger partial charge on any atom is 0.119 e. The molecule has 0 aromatic heterocycles. The Kier molecular flexibility index (Phi) is 7.69. The molecule has 0 heterocycles. The quantitative estimate of drug-likeness (QED) is 0.695. The molecule has 2 unspecified atom stereocenters. The van der Waals surface area contributed by atoms with E-state index in [1.165, 1.54) is 0 Å². The zero-order chi connectivity index (χ0) is 16.6. The molecule has 0 spiro atoms. The molecular formula is C18H30O4. The number of aliphatic hydroxyl groups is 2. The number of hydrogen-bond donors (Lipinski definition) is 2. The molecule has 126 valence electrons. The molecule has 0 saturated heterocycles. The van der Waals surface area contributed by atoms with Crippen molar-refractivity contribution in [2.75, 3.05) is 13.2 Å². The fraction of sp³-hybridized carbons (Fsp3) is 0.667. The molecule has 4 heteroatoms. The molecule has 2 N–H and O–H groups in total. The highest BCUT2D eigenvalue weighted by Crippen LogP contribution is 2.20. The fourth-order valence-corrected chi connectivity index (χ4v) is 2.17. The maximum atomic E-state index is 9.62. The van der Waals surface area contributed by atoms with Crippen LogP contribution in [0, 0.1) is 5.92 Å². The largest absolute Gasteiger partial charge is 0.494 e. The molecule has 4 nitrogen and oxygen atoms in total. The topological polar surface area (TPSA) is 58.9 Å². The lowest BCUT2D eigenvalue weighted by atomic mass is 9.97. The van der Waals surface area contributed by atoms with E-state index in [9.17, 15) is 10.2 Å². The van der Waals surface area contributed by atoms with Crippen LogP contribution in [-0.4, -0.2) is 35.1 Å². The minimum atomic E-state index is -0.706. The standard InChI is InChI=1S/C18H30O4/c1-5-15(14(2)19)10-12-21-16-6-8-17(9-7-16)22-13-11-18(3,4)20/h6-9,14-15,19-20H,5,10-13H2,1-4H3. The monoisotopic (exact) mass is 310 g/mol. The minimum Gasteiger partial charge on any atom is -0.494 e. The summed E-state index contributed by atoms with van der Waals surface area (Å²) in [5, 5.41) is 19.2. The summed E-state index contributed by atoms with van der Waals surface area (Å²) in [6, 6.07) is 7.49. The third-order valence-electron chi connectivity index (χ3n) is 3.77. The first kappa shape index (κ1) is 18.8. The molecule has 0 bridgehead atoms. The van der Waals surface area contributed by atoms with Gasteiger partial charge in [-0.3, -0.25) is 0 Å². The zero-order valence-electron chi connectivity index (χ0n) is 14.2. The second kappa shape index (κ2) is 9.01. The Hall–Kier alpha value is -1.26. The number of hydrogen-bond acceptors (Lipinski definition) is 4. The summed E-state index contributed by atoms with van der Waals surface area (Å²) in [6.07, 6.45) is 2.09. The Labute approximate surface area is 134 Å². The first-order chi connectivity index (χ1) is 10.3. The Morgan fingerprint density at radius 1 is 1.05 bits per heavy atom. The Bertz CT molecular complexity index is 406. The van der Waals surface area contributed by atoms with Gasteiger partial charge in [0.1, 0.15) is 11.5 Å². The lowest BCUT2D eigenvalue weighted by Gasteiger charge is -2.18. The van der Waals surface area contributed by atoms with Crippen LogP contribution in [0.15, 0.2) is 24.3 Å². The SMILES string of the molecule is CCC(CCOc1ccc(OCCC(C)(C)O)cc1)C(C)O. The molecule has 0 aliphatic rings. The van der Waals surface area contributed by atoms with Gasteiger partial charge in [0.15, 0.2) is 0 Å². The summed E-state index contributed by atoms with van der Waals surface area (Å²) >= 11 is 0. The van der Waals surface area contributed by atoms with Crippen LogP contribution in [0.25, 0.3) is 0 Å². The molecule has 0 fully saturated rings. The van der Waals surface area contributed by atoms with Gasteiger partial charge in [0.2, 0.25) is 0 Å². The smallest absolute Gasteiger partial charge is 0.119 e. The predicted molar refractivity (Wildman–Crippen MR) is 88.4 cm³/mol. The Balaban J connectivity index is 2.32. The van der Waals surface area contributed by atoms with Gasteiger partial charge in [0, 0.05) is 6.42 Å². The molecule has 22 heavy (non-hydrogen) atoms. The Morgan fingerprint density at radius 2 is 1.55 bits per heavy atom. The van der Waals surface area contributed by atoms with Crippen LogP contribution < -0.4 is 9.47 Å². The third kappa shape index (κ3) is 7.66. The molecule has 0 radical (unpaired) electrons. The summed E-state index contributed by atoms with van der Waals surface area (Å²) in [4.78, 5) is 0. The molecule has 0 saturated carbocycles. The first-order valence-corrected chi connectivity index (χ1v) is 8.08. The van der Waals surface area contributed by atoms with Crippen molar-refractivity contribution in [3.05, 3.63) is 24.3 Å². The van der Waals surface area contributed by atoms with Gasteiger partial charge in [-0.2, -0.15) is 0 Å². The van der Waals surface area contributed by atoms with Crippen molar-refractivity contribution in [3.63, 3.8) is 0 Å². The van der Waals surface area contributed by atoms with E-state index >= 15 is 0 Å². The highest BCUT2D eigenvalue weighted by Gasteiger charge is 2.13. The summed E-state index contributed by atoms with van der Waals surface area (Å²) in [5.74, 6) is 1.85. The second-order valence-electron chi connectivity index (χ2n) is 6.43. The average molecular weight is 310 g/mol. The van der Waals surface area contributed by atoms with Crippen molar-refractivity contribution in [1.29, 1.82) is 0 Å². The average Bonchev–Trinajstić information content (AvgIpc) is 2.43. The van der Waals surface area contributed by atoms with Gasteiger partial charge < -0.3 is 19.7 Å². The highest BCUT2D eigenvalue weighted by atomic mass is 16.5. The second-order valence-corrected chi connectivity index (χ2v) is 6.43. The predicted octanol–water partition coefficient (Wildman–Crippen LogP) is 3.40. The van der Waals surface area contributed by atoms with Gasteiger partial charge >= 0.3 is 0 Å². The molecule has 1 aromatic rings. The molecule has 0 aliphatic carbocycles. The summed E-state index contributed by atoms with van der Waals surface area (Å²) in [5.41, 5.74) is -0.706. The van der Waals surface area contributed by atoms with Crippen molar-refractivity contribution in [3.8, 4) is 11.5 Å². The number of benzene rings is 1. The number of ether oxygens (including phenoxy) is 2. The van der Waals surface area contributed by atoms with Crippen molar-refractivity contribution in [2.24, 2.45) is 5.92 Å². The fourth-order valence-electron chi connectivity index (χ4n) is 2.17. The first-order valence-electron chi connectivity index (χ1n) is 8.08. The van der Waals surface area contributed by atoms with Gasteiger partial charge in [0.25, 0.3) is 0 Å². The zero-order valence-corrected chi connectivity index (χ0v) is 14.2. The van der Waals surface area contributed by atoms with E-state index in [1.807, 2.05) is 31.2 Å². The molecule has 0 aliphatic heterocycles. The van der Waals surface area contributed by atoms with E-state index in [2.05, 4.69) is 6.92 Å². The number of aliphatic hydroxyl groups excluding tert-OH is 1.